The van der Waals surface area contributed by atoms with Gasteiger partial charge in [-0.3, -0.25) is 14.9 Å². The van der Waals surface area contributed by atoms with Crippen LogP contribution in [0.15, 0.2) is 24.3 Å². The molecule has 1 amide bonds. The first-order valence-corrected chi connectivity index (χ1v) is 6.88. The summed E-state index contributed by atoms with van der Waals surface area (Å²) in [6.45, 7) is 3.18. The van der Waals surface area contributed by atoms with Gasteiger partial charge in [0.05, 0.1) is 4.92 Å². The normalized spacial score (nSPS) is 20.4. The van der Waals surface area contributed by atoms with Crippen LogP contribution in [-0.2, 0) is 4.79 Å². The highest BCUT2D eigenvalue weighted by atomic mass is 35.5. The first-order valence-electron chi connectivity index (χ1n) is 6.88. The van der Waals surface area contributed by atoms with Gasteiger partial charge in [-0.15, -0.1) is 12.4 Å². The molecule has 0 radical (unpaired) electrons. The summed E-state index contributed by atoms with van der Waals surface area (Å²) < 4.78 is 5.39. The fourth-order valence-corrected chi connectivity index (χ4v) is 2.55. The molecule has 1 fully saturated rings. The van der Waals surface area contributed by atoms with Gasteiger partial charge >= 0.3 is 0 Å². The zero-order chi connectivity index (χ0) is 15.4. The van der Waals surface area contributed by atoms with Gasteiger partial charge in [-0.2, -0.15) is 0 Å². The van der Waals surface area contributed by atoms with E-state index in [4.69, 9.17) is 10.5 Å². The van der Waals surface area contributed by atoms with E-state index in [2.05, 4.69) is 0 Å². The van der Waals surface area contributed by atoms with Gasteiger partial charge in [-0.25, -0.2) is 0 Å². The number of ether oxygens (including phenoxy) is 1. The van der Waals surface area contributed by atoms with Crippen LogP contribution in [0.3, 0.4) is 0 Å². The third kappa shape index (κ3) is 4.32. The molecule has 1 aromatic rings. The topological polar surface area (TPSA) is 98.7 Å². The van der Waals surface area contributed by atoms with Crippen molar-refractivity contribution >= 4 is 24.0 Å². The Balaban J connectivity index is 0.00000242. The maximum atomic E-state index is 12.1. The second-order valence-electron chi connectivity index (χ2n) is 5.27. The number of likely N-dealkylation sites (tertiary alicyclic amines) is 1. The van der Waals surface area contributed by atoms with Crippen LogP contribution in [0, 0.1) is 16.0 Å². The molecule has 0 saturated carbocycles. The smallest absolute Gasteiger partial charge is 0.269 e. The molecule has 1 heterocycles. The van der Waals surface area contributed by atoms with E-state index in [1.54, 1.807) is 4.90 Å². The Morgan fingerprint density at radius 3 is 2.59 bits per heavy atom. The minimum atomic E-state index is -0.478. The van der Waals surface area contributed by atoms with Gasteiger partial charge in [0.15, 0.2) is 6.61 Å². The summed E-state index contributed by atoms with van der Waals surface area (Å²) in [6.07, 6.45) is 0.916. The lowest BCUT2D eigenvalue weighted by atomic mass is 10.1. The number of nitrogens with two attached hydrogens (primary N) is 1. The highest BCUT2D eigenvalue weighted by molar-refractivity contribution is 5.85. The fraction of sp³-hybridized carbons (Fsp3) is 0.500. The number of nitro benzene ring substituents is 1. The van der Waals surface area contributed by atoms with E-state index in [1.807, 2.05) is 6.92 Å². The van der Waals surface area contributed by atoms with Crippen molar-refractivity contribution in [1.82, 2.24) is 4.90 Å². The van der Waals surface area contributed by atoms with E-state index in [1.165, 1.54) is 24.3 Å². The number of non-ortho nitro benzene ring substituents is 1. The Morgan fingerprint density at radius 1 is 1.45 bits per heavy atom. The number of halogens is 1. The first kappa shape index (κ1) is 18.2. The molecule has 0 spiro atoms. The highest BCUT2D eigenvalue weighted by Crippen LogP contribution is 2.22. The Morgan fingerprint density at radius 2 is 2.09 bits per heavy atom. The van der Waals surface area contributed by atoms with Crippen LogP contribution in [0.5, 0.6) is 5.75 Å². The molecule has 22 heavy (non-hydrogen) atoms. The predicted octanol–water partition coefficient (Wildman–Crippen LogP) is 1.59. The molecule has 0 aliphatic carbocycles. The van der Waals surface area contributed by atoms with Crippen LogP contribution in [0.1, 0.15) is 13.3 Å². The van der Waals surface area contributed by atoms with Crippen LogP contribution in [0.4, 0.5) is 5.69 Å². The van der Waals surface area contributed by atoms with Crippen molar-refractivity contribution in [2.45, 2.75) is 19.4 Å². The summed E-state index contributed by atoms with van der Waals surface area (Å²) in [4.78, 5) is 24.0. The van der Waals surface area contributed by atoms with Crippen LogP contribution < -0.4 is 10.5 Å². The van der Waals surface area contributed by atoms with Gasteiger partial charge in [0.25, 0.3) is 11.6 Å². The van der Waals surface area contributed by atoms with Gasteiger partial charge in [0, 0.05) is 24.7 Å². The molecule has 8 heteroatoms. The summed E-state index contributed by atoms with van der Waals surface area (Å²) >= 11 is 0. The van der Waals surface area contributed by atoms with Crippen LogP contribution in [-0.4, -0.2) is 41.5 Å². The van der Waals surface area contributed by atoms with Gasteiger partial charge in [-0.05, 0) is 37.9 Å². The number of hydrogen-bond acceptors (Lipinski definition) is 5. The number of carbonyl (C=O) groups is 1. The average Bonchev–Trinajstić information content (AvgIpc) is 2.86. The second-order valence-corrected chi connectivity index (χ2v) is 5.27. The molecule has 2 rings (SSSR count). The summed E-state index contributed by atoms with van der Waals surface area (Å²) in [7, 11) is 0. The quantitative estimate of drug-likeness (QED) is 0.653. The summed E-state index contributed by atoms with van der Waals surface area (Å²) in [6, 6.07) is 5.85. The molecular formula is C14H20ClN3O4. The molecular weight excluding hydrogens is 310 g/mol. The minimum absolute atomic E-state index is 0. The molecule has 2 unspecified atom stereocenters. The molecule has 7 nitrogen and oxygen atoms in total. The fourth-order valence-electron chi connectivity index (χ4n) is 2.55. The SMILES string of the molecule is CC1CC(CN)CN1C(=O)COc1ccc([N+](=O)[O-])cc1.Cl. The Labute approximate surface area is 135 Å². The lowest BCUT2D eigenvalue weighted by Gasteiger charge is -2.21. The number of nitro groups is 1. The van der Waals surface area contributed by atoms with E-state index >= 15 is 0 Å². The molecule has 2 atom stereocenters. The number of carbonyl (C=O) groups excluding carboxylic acids is 1. The number of hydrogen-bond donors (Lipinski definition) is 1. The Kier molecular flexibility index (Phi) is 6.58. The lowest BCUT2D eigenvalue weighted by molar-refractivity contribution is -0.384. The Bertz CT molecular complexity index is 523. The number of benzene rings is 1. The molecule has 2 N–H and O–H groups in total. The lowest BCUT2D eigenvalue weighted by Crippen LogP contribution is -2.37. The van der Waals surface area contributed by atoms with Gasteiger partial charge < -0.3 is 15.4 Å². The van der Waals surface area contributed by atoms with E-state index in [0.717, 1.165) is 6.42 Å². The van der Waals surface area contributed by atoms with Crippen molar-refractivity contribution < 1.29 is 14.5 Å². The molecule has 1 aliphatic heterocycles. The summed E-state index contributed by atoms with van der Waals surface area (Å²) in [5, 5.41) is 10.5. The third-order valence-corrected chi connectivity index (χ3v) is 3.72. The third-order valence-electron chi connectivity index (χ3n) is 3.72. The standard InChI is InChI=1S/C14H19N3O4.ClH/c1-10-6-11(7-15)8-16(10)14(18)9-21-13-4-2-12(3-5-13)17(19)20;/h2-5,10-11H,6-9,15H2,1H3;1H. The Hall–Kier alpha value is -1.86. The van der Waals surface area contributed by atoms with Crippen LogP contribution in [0.2, 0.25) is 0 Å². The number of amides is 1. The monoisotopic (exact) mass is 329 g/mol. The summed E-state index contributed by atoms with van der Waals surface area (Å²) in [5.41, 5.74) is 5.63. The van der Waals surface area contributed by atoms with Crippen molar-refractivity contribution in [3.8, 4) is 5.75 Å². The molecule has 1 aliphatic rings. The van der Waals surface area contributed by atoms with Gasteiger partial charge in [0.2, 0.25) is 0 Å². The van der Waals surface area contributed by atoms with Crippen molar-refractivity contribution in [2.75, 3.05) is 19.7 Å². The van der Waals surface area contributed by atoms with Crippen molar-refractivity contribution in [3.63, 3.8) is 0 Å². The number of rotatable bonds is 5. The maximum Gasteiger partial charge on any atom is 0.269 e. The van der Waals surface area contributed by atoms with Gasteiger partial charge in [0.1, 0.15) is 5.75 Å². The molecule has 0 aromatic heterocycles. The van der Waals surface area contributed by atoms with Gasteiger partial charge in [-0.1, -0.05) is 0 Å². The zero-order valence-electron chi connectivity index (χ0n) is 12.3. The van der Waals surface area contributed by atoms with Crippen LogP contribution >= 0.6 is 12.4 Å². The second kappa shape index (κ2) is 7.95. The van der Waals surface area contributed by atoms with Crippen molar-refractivity contribution in [3.05, 3.63) is 34.4 Å². The van der Waals surface area contributed by atoms with E-state index in [-0.39, 0.29) is 36.7 Å². The maximum absolute atomic E-state index is 12.1. The molecule has 0 bridgehead atoms. The molecule has 122 valence electrons. The van der Waals surface area contributed by atoms with Crippen molar-refractivity contribution in [1.29, 1.82) is 0 Å². The minimum Gasteiger partial charge on any atom is -0.484 e. The first-order chi connectivity index (χ1) is 10.0. The largest absolute Gasteiger partial charge is 0.484 e. The predicted molar refractivity (Wildman–Crippen MR) is 84.2 cm³/mol. The molecule has 1 aromatic carbocycles. The summed E-state index contributed by atoms with van der Waals surface area (Å²) in [5.74, 6) is 0.705. The number of nitrogens with zero attached hydrogens (tertiary/aromatic N) is 2. The van der Waals surface area contributed by atoms with E-state index < -0.39 is 4.92 Å². The molecule has 1 saturated heterocycles. The average molecular weight is 330 g/mol. The van der Waals surface area contributed by atoms with Crippen LogP contribution in [0.25, 0.3) is 0 Å². The van der Waals surface area contributed by atoms with E-state index in [0.29, 0.717) is 24.8 Å². The highest BCUT2D eigenvalue weighted by Gasteiger charge is 2.31. The zero-order valence-corrected chi connectivity index (χ0v) is 13.1. The van der Waals surface area contributed by atoms with E-state index in [9.17, 15) is 14.9 Å². The van der Waals surface area contributed by atoms with Crippen molar-refractivity contribution in [2.24, 2.45) is 11.7 Å².